The highest BCUT2D eigenvalue weighted by Gasteiger charge is 2.21. The van der Waals surface area contributed by atoms with Crippen molar-refractivity contribution in [2.24, 2.45) is 5.92 Å². The second kappa shape index (κ2) is 4.50. The molecule has 2 unspecified atom stereocenters. The van der Waals surface area contributed by atoms with E-state index in [2.05, 4.69) is 6.26 Å². The van der Waals surface area contributed by atoms with Crippen molar-refractivity contribution in [1.82, 2.24) is 0 Å². The highest BCUT2D eigenvalue weighted by atomic mass is 35.5. The van der Waals surface area contributed by atoms with E-state index >= 15 is 0 Å². The lowest BCUT2D eigenvalue weighted by atomic mass is 10.1. The Morgan fingerprint density at radius 2 is 2.30 bits per heavy atom. The molecule has 2 heteroatoms. The van der Waals surface area contributed by atoms with Gasteiger partial charge in [-0.05, 0) is 43.6 Å². The van der Waals surface area contributed by atoms with Crippen molar-refractivity contribution < 1.29 is 0 Å². The van der Waals surface area contributed by atoms with Crippen LogP contribution in [-0.2, 0) is 0 Å². The molecule has 1 aliphatic rings. The summed E-state index contributed by atoms with van der Waals surface area (Å²) in [5.41, 5.74) is 0. The van der Waals surface area contributed by atoms with Crippen molar-refractivity contribution in [1.29, 1.82) is 0 Å². The smallest absolute Gasteiger partial charge is 0.0338 e. The molecule has 0 aliphatic heterocycles. The molecule has 60 valence electrons. The predicted octanol–water partition coefficient (Wildman–Crippen LogP) is 3.15. The quantitative estimate of drug-likeness (QED) is 0.599. The summed E-state index contributed by atoms with van der Waals surface area (Å²) in [5.74, 6) is 2.25. The molecule has 1 fully saturated rings. The molecule has 1 saturated carbocycles. The lowest BCUT2D eigenvalue weighted by Crippen LogP contribution is -1.96. The number of thioether (sulfide) groups is 1. The highest BCUT2D eigenvalue weighted by molar-refractivity contribution is 7.98. The average Bonchev–Trinajstić information content (AvgIpc) is 2.31. The van der Waals surface area contributed by atoms with Gasteiger partial charge in [0.05, 0.1) is 0 Å². The number of alkyl halides is 1. The molecule has 0 aromatic heterocycles. The van der Waals surface area contributed by atoms with Crippen molar-refractivity contribution in [3.05, 3.63) is 0 Å². The highest BCUT2D eigenvalue weighted by Crippen LogP contribution is 2.32. The van der Waals surface area contributed by atoms with Gasteiger partial charge in [-0.3, -0.25) is 0 Å². The first-order valence-electron chi connectivity index (χ1n) is 3.96. The second-order valence-corrected chi connectivity index (χ2v) is 4.66. The van der Waals surface area contributed by atoms with Gasteiger partial charge in [0.1, 0.15) is 0 Å². The van der Waals surface area contributed by atoms with Crippen LogP contribution in [0.4, 0.5) is 0 Å². The van der Waals surface area contributed by atoms with Crippen LogP contribution in [0.3, 0.4) is 0 Å². The van der Waals surface area contributed by atoms with Gasteiger partial charge in [-0.15, -0.1) is 11.6 Å². The molecule has 0 saturated heterocycles. The van der Waals surface area contributed by atoms with Crippen LogP contribution in [-0.4, -0.2) is 17.4 Å². The summed E-state index contributed by atoms with van der Waals surface area (Å²) in [4.78, 5) is 0. The Balaban J connectivity index is 2.06. The minimum atomic E-state index is 0.492. The normalized spacial score (nSPS) is 33.0. The Hall–Kier alpha value is 0.640. The summed E-state index contributed by atoms with van der Waals surface area (Å²) >= 11 is 7.93. The molecule has 0 bridgehead atoms. The van der Waals surface area contributed by atoms with Gasteiger partial charge in [0, 0.05) is 5.38 Å². The van der Waals surface area contributed by atoms with E-state index in [1.54, 1.807) is 0 Å². The van der Waals surface area contributed by atoms with Crippen molar-refractivity contribution >= 4 is 23.4 Å². The van der Waals surface area contributed by atoms with Crippen LogP contribution in [0.1, 0.15) is 25.7 Å². The monoisotopic (exact) mass is 178 g/mol. The fraction of sp³-hybridized carbons (Fsp3) is 1.00. The Kier molecular flexibility index (Phi) is 3.93. The zero-order valence-electron chi connectivity index (χ0n) is 6.48. The van der Waals surface area contributed by atoms with Crippen molar-refractivity contribution in [3.8, 4) is 0 Å². The minimum absolute atomic E-state index is 0.492. The number of halogens is 1. The van der Waals surface area contributed by atoms with E-state index in [1.807, 2.05) is 11.8 Å². The number of hydrogen-bond donors (Lipinski definition) is 0. The standard InChI is InChI=1S/C8H15ClS/c1-10-5-4-7-2-3-8(9)6-7/h7-8H,2-6H2,1H3. The van der Waals surface area contributed by atoms with Crippen molar-refractivity contribution in [2.75, 3.05) is 12.0 Å². The van der Waals surface area contributed by atoms with Crippen molar-refractivity contribution in [3.63, 3.8) is 0 Å². The van der Waals surface area contributed by atoms with Crippen LogP contribution in [0.2, 0.25) is 0 Å². The SMILES string of the molecule is CSCCC1CCC(Cl)C1. The van der Waals surface area contributed by atoms with E-state index in [9.17, 15) is 0 Å². The van der Waals surface area contributed by atoms with Crippen LogP contribution in [0.25, 0.3) is 0 Å². The third-order valence-electron chi connectivity index (χ3n) is 2.21. The molecule has 1 aliphatic carbocycles. The van der Waals surface area contributed by atoms with Gasteiger partial charge in [-0.25, -0.2) is 0 Å². The third-order valence-corrected chi connectivity index (χ3v) is 3.25. The van der Waals surface area contributed by atoms with Gasteiger partial charge in [0.25, 0.3) is 0 Å². The van der Waals surface area contributed by atoms with Gasteiger partial charge in [-0.1, -0.05) is 0 Å². The van der Waals surface area contributed by atoms with Gasteiger partial charge in [0.2, 0.25) is 0 Å². The first-order chi connectivity index (χ1) is 4.83. The molecule has 0 N–H and O–H groups in total. The molecule has 10 heavy (non-hydrogen) atoms. The summed E-state index contributed by atoms with van der Waals surface area (Å²) < 4.78 is 0. The Labute approximate surface area is 72.7 Å². The summed E-state index contributed by atoms with van der Waals surface area (Å²) in [6.45, 7) is 0. The molecule has 0 radical (unpaired) electrons. The van der Waals surface area contributed by atoms with E-state index in [1.165, 1.54) is 31.4 Å². The van der Waals surface area contributed by atoms with Crippen LogP contribution in [0.15, 0.2) is 0 Å². The molecule has 0 spiro atoms. The maximum Gasteiger partial charge on any atom is 0.0338 e. The molecule has 0 amide bonds. The van der Waals surface area contributed by atoms with Gasteiger partial charge >= 0.3 is 0 Å². The molecule has 0 aromatic rings. The summed E-state index contributed by atoms with van der Waals surface area (Å²) in [5, 5.41) is 0.492. The zero-order chi connectivity index (χ0) is 7.40. The molecule has 0 heterocycles. The van der Waals surface area contributed by atoms with Gasteiger partial charge in [0.15, 0.2) is 0 Å². The number of rotatable bonds is 3. The Morgan fingerprint density at radius 1 is 1.50 bits per heavy atom. The Bertz CT molecular complexity index is 95.3. The van der Waals surface area contributed by atoms with Crippen LogP contribution >= 0.6 is 23.4 Å². The van der Waals surface area contributed by atoms with Crippen LogP contribution in [0.5, 0.6) is 0 Å². The first kappa shape index (κ1) is 8.73. The summed E-state index contributed by atoms with van der Waals surface area (Å²) in [7, 11) is 0. The van der Waals surface area contributed by atoms with Gasteiger partial charge in [-0.2, -0.15) is 11.8 Å². The van der Waals surface area contributed by atoms with Gasteiger partial charge < -0.3 is 0 Å². The second-order valence-electron chi connectivity index (χ2n) is 3.06. The number of hydrogen-bond acceptors (Lipinski definition) is 1. The first-order valence-corrected chi connectivity index (χ1v) is 5.79. The molecule has 1 rings (SSSR count). The molecular weight excluding hydrogens is 164 g/mol. The third kappa shape index (κ3) is 2.71. The topological polar surface area (TPSA) is 0 Å². The molecular formula is C8H15ClS. The van der Waals surface area contributed by atoms with Crippen molar-refractivity contribution in [2.45, 2.75) is 31.1 Å². The van der Waals surface area contributed by atoms with Crippen LogP contribution in [0, 0.1) is 5.92 Å². The largest absolute Gasteiger partial charge is 0.165 e. The molecule has 0 nitrogen and oxygen atoms in total. The lowest BCUT2D eigenvalue weighted by molar-refractivity contribution is 0.536. The fourth-order valence-corrected chi connectivity index (χ4v) is 2.51. The predicted molar refractivity (Wildman–Crippen MR) is 50.0 cm³/mol. The summed E-state index contributed by atoms with van der Waals surface area (Å²) in [6.07, 6.45) is 7.44. The maximum absolute atomic E-state index is 5.98. The average molecular weight is 179 g/mol. The summed E-state index contributed by atoms with van der Waals surface area (Å²) in [6, 6.07) is 0. The molecule has 2 atom stereocenters. The fourth-order valence-electron chi connectivity index (χ4n) is 1.56. The zero-order valence-corrected chi connectivity index (χ0v) is 8.05. The minimum Gasteiger partial charge on any atom is -0.165 e. The van der Waals surface area contributed by atoms with E-state index in [0.717, 1.165) is 5.92 Å². The van der Waals surface area contributed by atoms with Crippen LogP contribution < -0.4 is 0 Å². The van der Waals surface area contributed by atoms with E-state index in [4.69, 9.17) is 11.6 Å². The van der Waals surface area contributed by atoms with E-state index in [-0.39, 0.29) is 0 Å². The Morgan fingerprint density at radius 3 is 2.80 bits per heavy atom. The van der Waals surface area contributed by atoms with E-state index < -0.39 is 0 Å². The van der Waals surface area contributed by atoms with E-state index in [0.29, 0.717) is 5.38 Å². The lowest BCUT2D eigenvalue weighted by Gasteiger charge is -2.05. The molecule has 0 aromatic carbocycles. The maximum atomic E-state index is 5.98.